The molecule has 0 bridgehead atoms. The molecule has 0 aliphatic heterocycles. The highest BCUT2D eigenvalue weighted by atomic mass is 16.3. The molecular weight excluding hydrogens is 370 g/mol. The van der Waals surface area contributed by atoms with E-state index in [9.17, 15) is 9.90 Å². The van der Waals surface area contributed by atoms with Gasteiger partial charge in [0.25, 0.3) is 0 Å². The Hall–Kier alpha value is -1.51. The van der Waals surface area contributed by atoms with Crippen molar-refractivity contribution in [2.45, 2.75) is 130 Å². The molecule has 30 heavy (non-hydrogen) atoms. The standard InChI is InChI=1S/C27H47NO2/c1-12-14-15-16-26(9,10)28-23(30)27(11,13-2)19-17-20(24(3,4)5)22(29)21(18-19)25(6,7)8/h17-18,29H,12-16H2,1-11H3,(H,28,30). The zero-order valence-corrected chi connectivity index (χ0v) is 21.5. The van der Waals surface area contributed by atoms with Gasteiger partial charge in [0, 0.05) is 5.54 Å². The van der Waals surface area contributed by atoms with Crippen molar-refractivity contribution in [2.24, 2.45) is 0 Å². The van der Waals surface area contributed by atoms with Crippen molar-refractivity contribution in [1.29, 1.82) is 0 Å². The van der Waals surface area contributed by atoms with E-state index >= 15 is 0 Å². The molecule has 0 spiro atoms. The Labute approximate surface area is 186 Å². The molecule has 0 fully saturated rings. The summed E-state index contributed by atoms with van der Waals surface area (Å²) in [7, 11) is 0. The second kappa shape index (κ2) is 9.32. The van der Waals surface area contributed by atoms with Crippen LogP contribution in [0, 0.1) is 0 Å². The molecule has 0 saturated heterocycles. The van der Waals surface area contributed by atoms with Gasteiger partial charge in [0.1, 0.15) is 5.75 Å². The second-order valence-corrected chi connectivity index (χ2v) is 11.9. The van der Waals surface area contributed by atoms with Crippen LogP contribution in [-0.2, 0) is 21.0 Å². The Bertz CT molecular complexity index is 699. The van der Waals surface area contributed by atoms with Gasteiger partial charge in [0.15, 0.2) is 0 Å². The van der Waals surface area contributed by atoms with Crippen LogP contribution in [0.1, 0.15) is 125 Å². The summed E-state index contributed by atoms with van der Waals surface area (Å²) in [6, 6.07) is 4.11. The predicted octanol–water partition coefficient (Wildman–Crippen LogP) is 7.13. The lowest BCUT2D eigenvalue weighted by Gasteiger charge is -2.36. The summed E-state index contributed by atoms with van der Waals surface area (Å²) in [5.41, 5.74) is 1.46. The lowest BCUT2D eigenvalue weighted by Crippen LogP contribution is -2.51. The second-order valence-electron chi connectivity index (χ2n) is 11.9. The fourth-order valence-electron chi connectivity index (χ4n) is 3.92. The van der Waals surface area contributed by atoms with Crippen LogP contribution in [0.4, 0.5) is 0 Å². The number of carbonyl (C=O) groups excluding carboxylic acids is 1. The number of aromatic hydroxyl groups is 1. The summed E-state index contributed by atoms with van der Waals surface area (Å²) in [5, 5.41) is 14.4. The number of unbranched alkanes of at least 4 members (excludes halogenated alkanes) is 2. The van der Waals surface area contributed by atoms with E-state index < -0.39 is 5.41 Å². The molecule has 1 amide bonds. The van der Waals surface area contributed by atoms with Crippen LogP contribution < -0.4 is 5.32 Å². The van der Waals surface area contributed by atoms with Crippen LogP contribution in [0.3, 0.4) is 0 Å². The molecule has 0 aromatic heterocycles. The molecule has 3 heteroatoms. The number of amides is 1. The van der Waals surface area contributed by atoms with E-state index in [1.54, 1.807) is 0 Å². The van der Waals surface area contributed by atoms with Gasteiger partial charge in [0.2, 0.25) is 5.91 Å². The largest absolute Gasteiger partial charge is 0.507 e. The number of carbonyl (C=O) groups is 1. The minimum Gasteiger partial charge on any atom is -0.507 e. The number of hydrogen-bond acceptors (Lipinski definition) is 2. The van der Waals surface area contributed by atoms with E-state index in [4.69, 9.17) is 0 Å². The van der Waals surface area contributed by atoms with Crippen molar-refractivity contribution in [1.82, 2.24) is 5.32 Å². The smallest absolute Gasteiger partial charge is 0.230 e. The first-order valence-corrected chi connectivity index (χ1v) is 11.7. The van der Waals surface area contributed by atoms with E-state index in [1.807, 2.05) is 6.92 Å². The molecule has 172 valence electrons. The lowest BCUT2D eigenvalue weighted by molar-refractivity contribution is -0.128. The van der Waals surface area contributed by atoms with Crippen LogP contribution >= 0.6 is 0 Å². The molecule has 1 rings (SSSR count). The molecule has 1 unspecified atom stereocenters. The fraction of sp³-hybridized carbons (Fsp3) is 0.741. The van der Waals surface area contributed by atoms with Crippen LogP contribution in [0.15, 0.2) is 12.1 Å². The quantitative estimate of drug-likeness (QED) is 0.442. The molecule has 3 nitrogen and oxygen atoms in total. The van der Waals surface area contributed by atoms with Gasteiger partial charge >= 0.3 is 0 Å². The van der Waals surface area contributed by atoms with Gasteiger partial charge in [0.05, 0.1) is 5.41 Å². The average molecular weight is 418 g/mol. The molecule has 0 heterocycles. The van der Waals surface area contributed by atoms with Gasteiger partial charge in [-0.05, 0) is 61.1 Å². The monoisotopic (exact) mass is 417 g/mol. The Balaban J connectivity index is 3.48. The summed E-state index contributed by atoms with van der Waals surface area (Å²) in [6.45, 7) is 23.2. The maximum atomic E-state index is 13.6. The van der Waals surface area contributed by atoms with Gasteiger partial charge in [-0.15, -0.1) is 0 Å². The fourth-order valence-corrected chi connectivity index (χ4v) is 3.92. The SMILES string of the molecule is CCCCCC(C)(C)NC(=O)C(C)(CC)c1cc(C(C)(C)C)c(O)c(C(C)(C)C)c1. The van der Waals surface area contributed by atoms with Crippen molar-refractivity contribution in [3.8, 4) is 5.75 Å². The summed E-state index contributed by atoms with van der Waals surface area (Å²) >= 11 is 0. The molecule has 0 aliphatic carbocycles. The molecule has 2 N–H and O–H groups in total. The summed E-state index contributed by atoms with van der Waals surface area (Å²) in [5.74, 6) is 0.425. The summed E-state index contributed by atoms with van der Waals surface area (Å²) < 4.78 is 0. The average Bonchev–Trinajstić information content (AvgIpc) is 2.58. The van der Waals surface area contributed by atoms with E-state index in [0.717, 1.165) is 29.5 Å². The summed E-state index contributed by atoms with van der Waals surface area (Å²) in [6.07, 6.45) is 5.15. The summed E-state index contributed by atoms with van der Waals surface area (Å²) in [4.78, 5) is 13.6. The third-order valence-corrected chi connectivity index (χ3v) is 6.43. The normalized spacial score (nSPS) is 15.0. The first-order chi connectivity index (χ1) is 13.5. The van der Waals surface area contributed by atoms with E-state index in [2.05, 4.69) is 86.7 Å². The number of phenolic OH excluding ortho intramolecular Hbond substituents is 1. The highest BCUT2D eigenvalue weighted by molar-refractivity contribution is 5.88. The van der Waals surface area contributed by atoms with E-state index in [0.29, 0.717) is 12.2 Å². The predicted molar refractivity (Wildman–Crippen MR) is 130 cm³/mol. The first kappa shape index (κ1) is 26.5. The van der Waals surface area contributed by atoms with Crippen molar-refractivity contribution in [3.05, 3.63) is 28.8 Å². The maximum absolute atomic E-state index is 13.6. The van der Waals surface area contributed by atoms with Gasteiger partial charge in [-0.3, -0.25) is 4.79 Å². The van der Waals surface area contributed by atoms with Crippen molar-refractivity contribution in [2.75, 3.05) is 0 Å². The minimum absolute atomic E-state index is 0.0666. The van der Waals surface area contributed by atoms with Crippen LogP contribution in [0.5, 0.6) is 5.75 Å². The molecule has 0 radical (unpaired) electrons. The number of nitrogens with one attached hydrogen (secondary N) is 1. The van der Waals surface area contributed by atoms with E-state index in [-0.39, 0.29) is 22.3 Å². The highest BCUT2D eigenvalue weighted by Gasteiger charge is 2.38. The number of rotatable bonds is 8. The van der Waals surface area contributed by atoms with Crippen molar-refractivity contribution in [3.63, 3.8) is 0 Å². The Kier molecular flexibility index (Phi) is 8.24. The van der Waals surface area contributed by atoms with Crippen molar-refractivity contribution < 1.29 is 9.90 Å². The Morgan fingerprint density at radius 2 is 1.33 bits per heavy atom. The van der Waals surface area contributed by atoms with Crippen molar-refractivity contribution >= 4 is 5.91 Å². The zero-order valence-electron chi connectivity index (χ0n) is 21.5. The topological polar surface area (TPSA) is 49.3 Å². The molecular formula is C27H47NO2. The molecule has 1 aromatic carbocycles. The third kappa shape index (κ3) is 6.25. The molecule has 0 aliphatic rings. The van der Waals surface area contributed by atoms with E-state index in [1.165, 1.54) is 12.8 Å². The minimum atomic E-state index is -0.657. The highest BCUT2D eigenvalue weighted by Crippen LogP contribution is 2.43. The number of benzene rings is 1. The van der Waals surface area contributed by atoms with Gasteiger partial charge in [-0.25, -0.2) is 0 Å². The van der Waals surface area contributed by atoms with Gasteiger partial charge in [-0.2, -0.15) is 0 Å². The molecule has 0 saturated carbocycles. The van der Waals surface area contributed by atoms with Crippen LogP contribution in [-0.4, -0.2) is 16.6 Å². The Morgan fingerprint density at radius 3 is 1.70 bits per heavy atom. The zero-order chi connectivity index (χ0) is 23.5. The molecule has 1 atom stereocenters. The van der Waals surface area contributed by atoms with Gasteiger partial charge in [-0.1, -0.05) is 86.8 Å². The molecule has 1 aromatic rings. The first-order valence-electron chi connectivity index (χ1n) is 11.7. The van der Waals surface area contributed by atoms with Gasteiger partial charge < -0.3 is 10.4 Å². The van der Waals surface area contributed by atoms with Crippen LogP contribution in [0.25, 0.3) is 0 Å². The van der Waals surface area contributed by atoms with Crippen LogP contribution in [0.2, 0.25) is 0 Å². The maximum Gasteiger partial charge on any atom is 0.230 e. The third-order valence-electron chi connectivity index (χ3n) is 6.43. The number of phenols is 1. The Morgan fingerprint density at radius 1 is 0.867 bits per heavy atom. The lowest BCUT2D eigenvalue weighted by atomic mass is 9.72. The number of hydrogen-bond donors (Lipinski definition) is 2.